The third kappa shape index (κ3) is 4.11. The van der Waals surface area contributed by atoms with E-state index in [0.29, 0.717) is 62.1 Å². The summed E-state index contributed by atoms with van der Waals surface area (Å²) >= 11 is 0. The Bertz CT molecular complexity index is 1580. The second kappa shape index (κ2) is 9.03. The van der Waals surface area contributed by atoms with Crippen molar-refractivity contribution in [2.75, 3.05) is 26.3 Å². The van der Waals surface area contributed by atoms with E-state index < -0.39 is 10.0 Å². The fourth-order valence-corrected chi connectivity index (χ4v) is 6.20. The van der Waals surface area contributed by atoms with Gasteiger partial charge in [-0.1, -0.05) is 35.5 Å². The predicted molar refractivity (Wildman–Crippen MR) is 130 cm³/mol. The number of H-pyrrole nitrogens is 1. The number of nitrogens with one attached hydrogen (secondary N) is 1. The van der Waals surface area contributed by atoms with E-state index in [2.05, 4.69) is 20.3 Å². The van der Waals surface area contributed by atoms with Crippen molar-refractivity contribution in [1.29, 1.82) is 0 Å². The Morgan fingerprint density at radius 1 is 1.06 bits per heavy atom. The van der Waals surface area contributed by atoms with Crippen LogP contribution >= 0.6 is 0 Å². The van der Waals surface area contributed by atoms with E-state index in [1.807, 2.05) is 30.3 Å². The molecule has 6 rings (SSSR count). The molecular weight excluding hydrogens is 484 g/mol. The summed E-state index contributed by atoms with van der Waals surface area (Å²) < 4.78 is 41.0. The minimum Gasteiger partial charge on any atom is -0.486 e. The summed E-state index contributed by atoms with van der Waals surface area (Å²) in [7, 11) is -3.78. The average molecular weight is 509 g/mol. The number of hydrogen-bond donors (Lipinski definition) is 1. The number of hydrogen-bond acceptors (Lipinski definition) is 8. The number of aromatic nitrogens is 5. The zero-order valence-electron chi connectivity index (χ0n) is 19.3. The molecule has 0 amide bonds. The first-order valence-electron chi connectivity index (χ1n) is 11.8. The topological polar surface area (TPSA) is 132 Å². The van der Waals surface area contributed by atoms with Gasteiger partial charge in [0.1, 0.15) is 19.0 Å². The van der Waals surface area contributed by atoms with Gasteiger partial charge in [-0.15, -0.1) is 5.10 Å². The van der Waals surface area contributed by atoms with E-state index in [4.69, 9.17) is 9.47 Å². The largest absolute Gasteiger partial charge is 0.486 e. The van der Waals surface area contributed by atoms with Gasteiger partial charge in [-0.25, -0.2) is 18.1 Å². The van der Waals surface area contributed by atoms with Crippen molar-refractivity contribution in [3.63, 3.8) is 0 Å². The molecule has 1 saturated heterocycles. The van der Waals surface area contributed by atoms with Gasteiger partial charge >= 0.3 is 0 Å². The van der Waals surface area contributed by atoms with Gasteiger partial charge in [0.15, 0.2) is 22.7 Å². The van der Waals surface area contributed by atoms with Crippen LogP contribution in [0.5, 0.6) is 11.5 Å². The van der Waals surface area contributed by atoms with Gasteiger partial charge in [0.05, 0.1) is 11.4 Å². The molecule has 2 aliphatic rings. The molecule has 0 aliphatic carbocycles. The number of ether oxygens (including phenoxy) is 2. The molecule has 1 N–H and O–H groups in total. The summed E-state index contributed by atoms with van der Waals surface area (Å²) in [6.07, 6.45) is 1.33. The molecule has 11 nitrogen and oxygen atoms in total. The van der Waals surface area contributed by atoms with E-state index in [9.17, 15) is 13.2 Å². The number of nitrogens with zero attached hydrogens (tertiary/aromatic N) is 5. The molecule has 2 aromatic carbocycles. The summed E-state index contributed by atoms with van der Waals surface area (Å²) in [6, 6.07) is 14.4. The number of piperidine rings is 1. The van der Waals surface area contributed by atoms with Gasteiger partial charge < -0.3 is 14.5 Å². The van der Waals surface area contributed by atoms with Crippen LogP contribution in [0.3, 0.4) is 0 Å². The first kappa shape index (κ1) is 22.7. The lowest BCUT2D eigenvalue weighted by Gasteiger charge is -2.31. The molecular formula is C24H24N6O5S. The van der Waals surface area contributed by atoms with Crippen LogP contribution in [0.2, 0.25) is 0 Å². The van der Waals surface area contributed by atoms with Crippen molar-refractivity contribution in [3.05, 3.63) is 70.3 Å². The molecule has 0 radical (unpaired) electrons. The summed E-state index contributed by atoms with van der Waals surface area (Å²) in [5.41, 5.74) is 1.15. The molecule has 0 saturated carbocycles. The van der Waals surface area contributed by atoms with Gasteiger partial charge in [0, 0.05) is 25.1 Å². The van der Waals surface area contributed by atoms with Crippen LogP contribution in [0, 0.1) is 0 Å². The Morgan fingerprint density at radius 3 is 2.69 bits per heavy atom. The van der Waals surface area contributed by atoms with Crippen LogP contribution in [-0.2, 0) is 16.6 Å². The van der Waals surface area contributed by atoms with Crippen LogP contribution < -0.4 is 15.0 Å². The third-order valence-corrected chi connectivity index (χ3v) is 8.35. The third-order valence-electron chi connectivity index (χ3n) is 6.49. The lowest BCUT2D eigenvalue weighted by molar-refractivity contribution is 0.171. The normalized spacial score (nSPS) is 18.4. The molecule has 2 aliphatic heterocycles. The molecule has 4 heterocycles. The highest BCUT2D eigenvalue weighted by atomic mass is 32.2. The van der Waals surface area contributed by atoms with Gasteiger partial charge in [0.25, 0.3) is 5.56 Å². The second-order valence-corrected chi connectivity index (χ2v) is 10.8. The molecule has 1 unspecified atom stereocenters. The molecule has 0 spiro atoms. The first-order valence-corrected chi connectivity index (χ1v) is 13.2. The predicted octanol–water partition coefficient (Wildman–Crippen LogP) is 1.90. The number of benzene rings is 2. The first-order chi connectivity index (χ1) is 17.5. The monoisotopic (exact) mass is 508 g/mol. The summed E-state index contributed by atoms with van der Waals surface area (Å²) in [5.74, 6) is 1.12. The van der Waals surface area contributed by atoms with E-state index >= 15 is 0 Å². The van der Waals surface area contributed by atoms with Crippen LogP contribution in [0.4, 0.5) is 0 Å². The lowest BCUT2D eigenvalue weighted by Crippen LogP contribution is -2.40. The summed E-state index contributed by atoms with van der Waals surface area (Å²) in [5, 5.41) is 8.13. The SMILES string of the molecule is O=c1[nH]c(C2CCCN(S(=O)(=O)c3ccc4c(c3)OCCO4)C2)nc2c1nnn2Cc1ccccc1. The standard InChI is InChI=1S/C24H24N6O5S/c31-24-21-23(30(28-27-21)14-16-5-2-1-3-6-16)25-22(26-24)17-7-4-10-29(15-17)36(32,33)18-8-9-19-20(13-18)35-12-11-34-19/h1-3,5-6,8-9,13,17H,4,7,10-12,14-15H2,(H,25,26,31). The zero-order chi connectivity index (χ0) is 24.7. The van der Waals surface area contributed by atoms with Crippen LogP contribution in [0.1, 0.15) is 30.1 Å². The highest BCUT2D eigenvalue weighted by Crippen LogP contribution is 2.35. The van der Waals surface area contributed by atoms with E-state index in [0.717, 1.165) is 5.56 Å². The Hall–Kier alpha value is -3.77. The van der Waals surface area contributed by atoms with E-state index in [1.165, 1.54) is 16.4 Å². The zero-order valence-corrected chi connectivity index (χ0v) is 20.1. The van der Waals surface area contributed by atoms with Crippen LogP contribution in [0.15, 0.2) is 58.2 Å². The highest BCUT2D eigenvalue weighted by Gasteiger charge is 2.33. The maximum atomic E-state index is 13.5. The number of rotatable bonds is 5. The number of aromatic amines is 1. The Morgan fingerprint density at radius 2 is 1.86 bits per heavy atom. The molecule has 4 aromatic rings. The molecule has 1 fully saturated rings. The Balaban J connectivity index is 1.29. The smallest absolute Gasteiger partial charge is 0.281 e. The molecule has 186 valence electrons. The minimum absolute atomic E-state index is 0.148. The van der Waals surface area contributed by atoms with Gasteiger partial charge in [-0.2, -0.15) is 4.31 Å². The van der Waals surface area contributed by atoms with Crippen LogP contribution in [-0.4, -0.2) is 64.0 Å². The minimum atomic E-state index is -3.78. The van der Waals surface area contributed by atoms with Crippen molar-refractivity contribution < 1.29 is 17.9 Å². The molecule has 1 atom stereocenters. The lowest BCUT2D eigenvalue weighted by atomic mass is 9.99. The highest BCUT2D eigenvalue weighted by molar-refractivity contribution is 7.89. The van der Waals surface area contributed by atoms with Gasteiger partial charge in [0.2, 0.25) is 10.0 Å². The van der Waals surface area contributed by atoms with Gasteiger partial charge in [-0.3, -0.25) is 4.79 Å². The van der Waals surface area contributed by atoms with Crippen LogP contribution in [0.25, 0.3) is 11.2 Å². The van der Waals surface area contributed by atoms with Crippen molar-refractivity contribution in [3.8, 4) is 11.5 Å². The fourth-order valence-electron chi connectivity index (χ4n) is 4.66. The van der Waals surface area contributed by atoms with E-state index in [-0.39, 0.29) is 28.4 Å². The molecule has 0 bridgehead atoms. The maximum absolute atomic E-state index is 13.5. The molecule has 12 heteroatoms. The molecule has 36 heavy (non-hydrogen) atoms. The van der Waals surface area contributed by atoms with Crippen molar-refractivity contribution in [2.45, 2.75) is 30.2 Å². The Kier molecular flexibility index (Phi) is 5.69. The summed E-state index contributed by atoms with van der Waals surface area (Å²) in [6.45, 7) is 1.81. The van der Waals surface area contributed by atoms with Gasteiger partial charge in [-0.05, 0) is 30.5 Å². The average Bonchev–Trinajstić information content (AvgIpc) is 3.32. The second-order valence-electron chi connectivity index (χ2n) is 8.86. The van der Waals surface area contributed by atoms with Crippen molar-refractivity contribution in [2.24, 2.45) is 0 Å². The van der Waals surface area contributed by atoms with Crippen molar-refractivity contribution >= 4 is 21.2 Å². The summed E-state index contributed by atoms with van der Waals surface area (Å²) in [4.78, 5) is 20.4. The van der Waals surface area contributed by atoms with E-state index in [1.54, 1.807) is 10.7 Å². The fraction of sp³-hybridized carbons (Fsp3) is 0.333. The number of sulfonamides is 1. The van der Waals surface area contributed by atoms with Crippen molar-refractivity contribution in [1.82, 2.24) is 29.3 Å². The number of fused-ring (bicyclic) bond motifs is 2. The maximum Gasteiger partial charge on any atom is 0.281 e. The quantitative estimate of drug-likeness (QED) is 0.432. The Labute approximate surface area is 206 Å². The molecule has 2 aromatic heterocycles.